The highest BCUT2D eigenvalue weighted by Gasteiger charge is 2.05. The van der Waals surface area contributed by atoms with Crippen LogP contribution < -0.4 is 0 Å². The lowest BCUT2D eigenvalue weighted by atomic mass is 9.97. The lowest BCUT2D eigenvalue weighted by Gasteiger charge is -2.08. The van der Waals surface area contributed by atoms with Crippen molar-refractivity contribution in [2.45, 2.75) is 12.8 Å². The van der Waals surface area contributed by atoms with E-state index in [1.54, 1.807) is 0 Å². The van der Waals surface area contributed by atoms with E-state index in [0.29, 0.717) is 6.42 Å². The second kappa shape index (κ2) is 6.93. The molecule has 0 saturated heterocycles. The molecule has 0 radical (unpaired) electrons. The zero-order valence-electron chi connectivity index (χ0n) is 12.8. The van der Waals surface area contributed by atoms with Gasteiger partial charge in [-0.1, -0.05) is 72.8 Å². The summed E-state index contributed by atoms with van der Waals surface area (Å²) in [6.45, 7) is 0. The van der Waals surface area contributed by atoms with Crippen molar-refractivity contribution in [3.8, 4) is 0 Å². The van der Waals surface area contributed by atoms with E-state index in [4.69, 9.17) is 5.11 Å². The molecule has 2 heteroatoms. The summed E-state index contributed by atoms with van der Waals surface area (Å²) in [6.07, 6.45) is 2.84. The Kier molecular flexibility index (Phi) is 4.53. The first-order valence-electron chi connectivity index (χ1n) is 7.69. The first kappa shape index (κ1) is 15.0. The second-order valence-electron chi connectivity index (χ2n) is 5.56. The molecule has 0 unspecified atom stereocenters. The Morgan fingerprint density at radius 3 is 2.30 bits per heavy atom. The predicted molar refractivity (Wildman–Crippen MR) is 94.3 cm³/mol. The third kappa shape index (κ3) is 3.86. The molecule has 0 aliphatic heterocycles. The molecule has 114 valence electrons. The Labute approximate surface area is 135 Å². The molecule has 0 amide bonds. The van der Waals surface area contributed by atoms with Gasteiger partial charge in [0.15, 0.2) is 0 Å². The molecule has 0 saturated carbocycles. The molecule has 0 aliphatic rings. The van der Waals surface area contributed by atoms with E-state index >= 15 is 0 Å². The highest BCUT2D eigenvalue weighted by Crippen LogP contribution is 2.22. The van der Waals surface area contributed by atoms with Crippen molar-refractivity contribution >= 4 is 22.3 Å². The zero-order valence-corrected chi connectivity index (χ0v) is 12.8. The van der Waals surface area contributed by atoms with Gasteiger partial charge in [0.2, 0.25) is 0 Å². The molecular weight excluding hydrogens is 284 g/mol. The predicted octanol–water partition coefficient (Wildman–Crippen LogP) is 4.94. The maximum absolute atomic E-state index is 11.1. The largest absolute Gasteiger partial charge is 0.478 e. The third-order valence-electron chi connectivity index (χ3n) is 3.94. The van der Waals surface area contributed by atoms with E-state index in [9.17, 15) is 4.79 Å². The van der Waals surface area contributed by atoms with Crippen molar-refractivity contribution in [1.29, 1.82) is 0 Å². The fourth-order valence-corrected chi connectivity index (χ4v) is 2.77. The number of rotatable bonds is 5. The van der Waals surface area contributed by atoms with Gasteiger partial charge in [-0.05, 0) is 40.3 Å². The third-order valence-corrected chi connectivity index (χ3v) is 3.94. The number of hydrogen-bond donors (Lipinski definition) is 1. The van der Waals surface area contributed by atoms with Gasteiger partial charge in [0.05, 0.1) is 0 Å². The van der Waals surface area contributed by atoms with Crippen molar-refractivity contribution in [3.63, 3.8) is 0 Å². The zero-order chi connectivity index (χ0) is 16.1. The SMILES string of the molecule is O=C(O)/C=C(\CCc1ccc2ccccc2c1)c1ccccc1. The summed E-state index contributed by atoms with van der Waals surface area (Å²) in [5.41, 5.74) is 3.04. The number of carboxylic acids is 1. The number of allylic oxidation sites excluding steroid dienone is 1. The Hall–Kier alpha value is -2.87. The molecule has 0 aliphatic carbocycles. The summed E-state index contributed by atoms with van der Waals surface area (Å²) < 4.78 is 0. The molecule has 0 aromatic heterocycles. The van der Waals surface area contributed by atoms with E-state index in [1.807, 2.05) is 42.5 Å². The van der Waals surface area contributed by atoms with E-state index in [-0.39, 0.29) is 0 Å². The van der Waals surface area contributed by atoms with Crippen LogP contribution in [-0.4, -0.2) is 11.1 Å². The molecule has 3 aromatic carbocycles. The van der Waals surface area contributed by atoms with Crippen LogP contribution in [0.25, 0.3) is 16.3 Å². The fourth-order valence-electron chi connectivity index (χ4n) is 2.77. The van der Waals surface area contributed by atoms with Crippen LogP contribution in [0.3, 0.4) is 0 Å². The maximum Gasteiger partial charge on any atom is 0.328 e. The minimum atomic E-state index is -0.901. The molecule has 0 spiro atoms. The van der Waals surface area contributed by atoms with E-state index in [0.717, 1.165) is 17.6 Å². The number of carboxylic acid groups (broad SMARTS) is 1. The van der Waals surface area contributed by atoms with Crippen LogP contribution in [0.5, 0.6) is 0 Å². The van der Waals surface area contributed by atoms with E-state index in [1.165, 1.54) is 22.4 Å². The van der Waals surface area contributed by atoms with Gasteiger partial charge in [-0.3, -0.25) is 0 Å². The lowest BCUT2D eigenvalue weighted by molar-refractivity contribution is -0.131. The van der Waals surface area contributed by atoms with Gasteiger partial charge in [-0.2, -0.15) is 0 Å². The normalized spacial score (nSPS) is 11.6. The summed E-state index contributed by atoms with van der Waals surface area (Å²) in [4.78, 5) is 11.1. The second-order valence-corrected chi connectivity index (χ2v) is 5.56. The van der Waals surface area contributed by atoms with Crippen LogP contribution >= 0.6 is 0 Å². The van der Waals surface area contributed by atoms with Crippen molar-refractivity contribution in [1.82, 2.24) is 0 Å². The molecule has 1 N–H and O–H groups in total. The van der Waals surface area contributed by atoms with Crippen LogP contribution in [-0.2, 0) is 11.2 Å². The number of carbonyl (C=O) groups is 1. The molecule has 0 fully saturated rings. The van der Waals surface area contributed by atoms with Crippen molar-refractivity contribution in [2.75, 3.05) is 0 Å². The summed E-state index contributed by atoms with van der Waals surface area (Å²) in [5, 5.41) is 11.5. The minimum absolute atomic E-state index is 0.703. The van der Waals surface area contributed by atoms with Crippen LogP contribution in [0.1, 0.15) is 17.5 Å². The van der Waals surface area contributed by atoms with Gasteiger partial charge in [-0.25, -0.2) is 4.79 Å². The average molecular weight is 302 g/mol. The highest BCUT2D eigenvalue weighted by atomic mass is 16.4. The topological polar surface area (TPSA) is 37.3 Å². The maximum atomic E-state index is 11.1. The summed E-state index contributed by atoms with van der Waals surface area (Å²) in [6, 6.07) is 24.4. The van der Waals surface area contributed by atoms with Crippen LogP contribution in [0.4, 0.5) is 0 Å². The fraction of sp³-hybridized carbons (Fsp3) is 0.0952. The molecular formula is C21H18O2. The Morgan fingerprint density at radius 1 is 0.870 bits per heavy atom. The van der Waals surface area contributed by atoms with E-state index < -0.39 is 5.97 Å². The van der Waals surface area contributed by atoms with Gasteiger partial charge < -0.3 is 5.11 Å². The summed E-state index contributed by atoms with van der Waals surface area (Å²) in [7, 11) is 0. The monoisotopic (exact) mass is 302 g/mol. The standard InChI is InChI=1S/C21H18O2/c22-21(23)15-20(17-6-2-1-3-7-17)13-11-16-10-12-18-8-4-5-9-19(18)14-16/h1-10,12,14-15H,11,13H2,(H,22,23)/b20-15+. The molecule has 3 rings (SSSR count). The smallest absolute Gasteiger partial charge is 0.328 e. The van der Waals surface area contributed by atoms with Gasteiger partial charge in [0.25, 0.3) is 0 Å². The lowest BCUT2D eigenvalue weighted by Crippen LogP contribution is -1.95. The van der Waals surface area contributed by atoms with Crippen LogP contribution in [0, 0.1) is 0 Å². The van der Waals surface area contributed by atoms with Gasteiger partial charge in [0, 0.05) is 6.08 Å². The molecule has 0 atom stereocenters. The number of benzene rings is 3. The van der Waals surface area contributed by atoms with Crippen molar-refractivity contribution in [2.24, 2.45) is 0 Å². The van der Waals surface area contributed by atoms with Gasteiger partial charge in [0.1, 0.15) is 0 Å². The Morgan fingerprint density at radius 2 is 1.57 bits per heavy atom. The molecule has 3 aromatic rings. The number of aliphatic carboxylic acids is 1. The van der Waals surface area contributed by atoms with E-state index in [2.05, 4.69) is 30.3 Å². The van der Waals surface area contributed by atoms with Crippen LogP contribution in [0.15, 0.2) is 78.9 Å². The summed E-state index contributed by atoms with van der Waals surface area (Å²) in [5.74, 6) is -0.901. The average Bonchev–Trinajstić information content (AvgIpc) is 2.59. The Balaban J connectivity index is 1.81. The van der Waals surface area contributed by atoms with Crippen LogP contribution in [0.2, 0.25) is 0 Å². The summed E-state index contributed by atoms with van der Waals surface area (Å²) >= 11 is 0. The Bertz CT molecular complexity index is 848. The number of fused-ring (bicyclic) bond motifs is 1. The number of aryl methyl sites for hydroxylation is 1. The van der Waals surface area contributed by atoms with Gasteiger partial charge >= 0.3 is 5.97 Å². The highest BCUT2D eigenvalue weighted by molar-refractivity contribution is 5.90. The molecule has 2 nitrogen and oxygen atoms in total. The quantitative estimate of drug-likeness (QED) is 0.678. The van der Waals surface area contributed by atoms with Crippen molar-refractivity contribution < 1.29 is 9.90 Å². The number of hydrogen-bond acceptors (Lipinski definition) is 1. The first-order chi connectivity index (χ1) is 11.2. The minimum Gasteiger partial charge on any atom is -0.478 e. The molecule has 23 heavy (non-hydrogen) atoms. The van der Waals surface area contributed by atoms with Crippen molar-refractivity contribution in [3.05, 3.63) is 90.0 Å². The molecule has 0 bridgehead atoms. The van der Waals surface area contributed by atoms with Gasteiger partial charge in [-0.15, -0.1) is 0 Å². The molecule has 0 heterocycles. The first-order valence-corrected chi connectivity index (χ1v) is 7.69.